The molecular formula is C15H24N2OS. The van der Waals surface area contributed by atoms with Crippen molar-refractivity contribution in [2.45, 2.75) is 56.2 Å². The van der Waals surface area contributed by atoms with Crippen LogP contribution < -0.4 is 11.1 Å². The molecule has 0 spiro atoms. The van der Waals surface area contributed by atoms with E-state index in [1.54, 1.807) is 0 Å². The van der Waals surface area contributed by atoms with Gasteiger partial charge < -0.3 is 11.1 Å². The average molecular weight is 280 g/mol. The van der Waals surface area contributed by atoms with Gasteiger partial charge in [-0.25, -0.2) is 0 Å². The number of nitrogens with two attached hydrogens (primary N) is 1. The second kappa shape index (κ2) is 6.96. The maximum Gasteiger partial charge on any atom is 0.224 e. The Bertz CT molecular complexity index is 407. The maximum atomic E-state index is 11.7. The monoisotopic (exact) mass is 280 g/mol. The van der Waals surface area contributed by atoms with Crippen LogP contribution in [0, 0.1) is 0 Å². The Labute approximate surface area is 120 Å². The van der Waals surface area contributed by atoms with Gasteiger partial charge in [-0.15, -0.1) is 11.8 Å². The van der Waals surface area contributed by atoms with Crippen LogP contribution in [-0.4, -0.2) is 16.7 Å². The fraction of sp³-hybridized carbons (Fsp3) is 0.533. The molecule has 0 saturated carbocycles. The molecule has 1 rings (SSSR count). The van der Waals surface area contributed by atoms with Gasteiger partial charge in [-0.1, -0.05) is 20.8 Å². The molecule has 0 radical (unpaired) electrons. The van der Waals surface area contributed by atoms with E-state index in [2.05, 4.69) is 26.1 Å². The van der Waals surface area contributed by atoms with Gasteiger partial charge in [0, 0.05) is 27.8 Å². The van der Waals surface area contributed by atoms with Crippen molar-refractivity contribution < 1.29 is 4.79 Å². The van der Waals surface area contributed by atoms with Crippen LogP contribution in [0.15, 0.2) is 29.2 Å². The van der Waals surface area contributed by atoms with Crippen molar-refractivity contribution in [1.82, 2.24) is 0 Å². The van der Waals surface area contributed by atoms with Crippen molar-refractivity contribution in [2.75, 3.05) is 5.32 Å². The van der Waals surface area contributed by atoms with Gasteiger partial charge in [-0.3, -0.25) is 4.79 Å². The number of rotatable bonds is 5. The number of thioether (sulfide) groups is 1. The molecule has 1 aromatic rings. The molecule has 1 amide bonds. The third-order valence-corrected chi connectivity index (χ3v) is 3.51. The normalized spacial score (nSPS) is 13.1. The number of nitrogens with one attached hydrogen (secondary N) is 1. The minimum atomic E-state index is 0.0218. The number of benzene rings is 1. The minimum Gasteiger partial charge on any atom is -0.328 e. The minimum absolute atomic E-state index is 0.0218. The molecule has 0 fully saturated rings. The molecule has 3 N–H and O–H groups in total. The second-order valence-corrected chi connectivity index (χ2v) is 7.70. The predicted octanol–water partition coefficient (Wildman–Crippen LogP) is 3.64. The summed E-state index contributed by atoms with van der Waals surface area (Å²) in [5.74, 6) is 0.0218. The van der Waals surface area contributed by atoms with Crippen LogP contribution in [0.25, 0.3) is 0 Å². The van der Waals surface area contributed by atoms with E-state index in [0.29, 0.717) is 12.8 Å². The van der Waals surface area contributed by atoms with E-state index in [-0.39, 0.29) is 16.7 Å². The van der Waals surface area contributed by atoms with Crippen molar-refractivity contribution in [3.8, 4) is 0 Å². The lowest BCUT2D eigenvalue weighted by atomic mass is 10.2. The second-order valence-electron chi connectivity index (χ2n) is 5.80. The fourth-order valence-corrected chi connectivity index (χ4v) is 2.52. The first-order valence-electron chi connectivity index (χ1n) is 6.61. The van der Waals surface area contributed by atoms with Gasteiger partial charge in [0.05, 0.1) is 0 Å². The summed E-state index contributed by atoms with van der Waals surface area (Å²) in [6.45, 7) is 8.45. The van der Waals surface area contributed by atoms with Crippen molar-refractivity contribution >= 4 is 23.4 Å². The first-order chi connectivity index (χ1) is 8.76. The van der Waals surface area contributed by atoms with E-state index in [1.807, 2.05) is 43.0 Å². The Kier molecular flexibility index (Phi) is 5.88. The van der Waals surface area contributed by atoms with Gasteiger partial charge in [-0.2, -0.15) is 0 Å². The van der Waals surface area contributed by atoms with Gasteiger partial charge in [0.25, 0.3) is 0 Å². The Morgan fingerprint density at radius 1 is 1.32 bits per heavy atom. The van der Waals surface area contributed by atoms with Gasteiger partial charge in [0.2, 0.25) is 5.91 Å². The smallest absolute Gasteiger partial charge is 0.224 e. The Morgan fingerprint density at radius 3 is 2.37 bits per heavy atom. The zero-order valence-electron chi connectivity index (χ0n) is 12.2. The summed E-state index contributed by atoms with van der Waals surface area (Å²) in [4.78, 5) is 12.9. The molecule has 1 unspecified atom stereocenters. The standard InChI is InChI=1S/C15H24N2OS/c1-11(16)5-10-14(18)17-12-6-8-13(9-7-12)19-15(2,3)4/h6-9,11H,5,10,16H2,1-4H3,(H,17,18). The Morgan fingerprint density at radius 2 is 1.89 bits per heavy atom. The van der Waals surface area contributed by atoms with E-state index < -0.39 is 0 Å². The average Bonchev–Trinajstić information content (AvgIpc) is 2.27. The SMILES string of the molecule is CC(N)CCC(=O)Nc1ccc(SC(C)(C)C)cc1. The summed E-state index contributed by atoms with van der Waals surface area (Å²) in [6, 6.07) is 8.03. The molecule has 0 heterocycles. The molecule has 1 aromatic carbocycles. The zero-order valence-corrected chi connectivity index (χ0v) is 13.0. The highest BCUT2D eigenvalue weighted by Crippen LogP contribution is 2.32. The zero-order chi connectivity index (χ0) is 14.5. The van der Waals surface area contributed by atoms with Crippen LogP contribution in [0.1, 0.15) is 40.5 Å². The lowest BCUT2D eigenvalue weighted by Gasteiger charge is -2.17. The van der Waals surface area contributed by atoms with Crippen molar-refractivity contribution in [1.29, 1.82) is 0 Å². The third kappa shape index (κ3) is 7.23. The van der Waals surface area contributed by atoms with E-state index in [9.17, 15) is 4.79 Å². The van der Waals surface area contributed by atoms with Gasteiger partial charge in [-0.05, 0) is 37.6 Å². The third-order valence-electron chi connectivity index (χ3n) is 2.39. The van der Waals surface area contributed by atoms with Gasteiger partial charge in [0.15, 0.2) is 0 Å². The lowest BCUT2D eigenvalue weighted by molar-refractivity contribution is -0.116. The van der Waals surface area contributed by atoms with Crippen LogP contribution in [0.2, 0.25) is 0 Å². The van der Waals surface area contributed by atoms with Crippen LogP contribution in [-0.2, 0) is 4.79 Å². The van der Waals surface area contributed by atoms with Crippen molar-refractivity contribution in [2.24, 2.45) is 5.73 Å². The molecule has 0 aromatic heterocycles. The first-order valence-corrected chi connectivity index (χ1v) is 7.42. The fourth-order valence-electron chi connectivity index (χ4n) is 1.54. The highest BCUT2D eigenvalue weighted by Gasteiger charge is 2.12. The summed E-state index contributed by atoms with van der Waals surface area (Å²) >= 11 is 1.81. The predicted molar refractivity (Wildman–Crippen MR) is 83.6 cm³/mol. The molecule has 3 nitrogen and oxygen atoms in total. The number of anilines is 1. The molecular weight excluding hydrogens is 256 g/mol. The lowest BCUT2D eigenvalue weighted by Crippen LogP contribution is -2.19. The number of amides is 1. The van der Waals surface area contributed by atoms with Gasteiger partial charge in [0.1, 0.15) is 0 Å². The number of carbonyl (C=O) groups is 1. The number of hydrogen-bond acceptors (Lipinski definition) is 3. The molecule has 0 aliphatic rings. The molecule has 19 heavy (non-hydrogen) atoms. The Balaban J connectivity index is 2.50. The van der Waals surface area contributed by atoms with E-state index >= 15 is 0 Å². The largest absolute Gasteiger partial charge is 0.328 e. The van der Waals surface area contributed by atoms with Crippen molar-refractivity contribution in [3.63, 3.8) is 0 Å². The molecule has 4 heteroatoms. The molecule has 1 atom stereocenters. The maximum absolute atomic E-state index is 11.7. The number of carbonyl (C=O) groups excluding carboxylic acids is 1. The Hall–Kier alpha value is -1.00. The molecule has 0 bridgehead atoms. The van der Waals surface area contributed by atoms with Crippen LogP contribution >= 0.6 is 11.8 Å². The summed E-state index contributed by atoms with van der Waals surface area (Å²) in [5.41, 5.74) is 6.47. The summed E-state index contributed by atoms with van der Waals surface area (Å²) in [5, 5.41) is 2.88. The topological polar surface area (TPSA) is 55.1 Å². The first kappa shape index (κ1) is 16.1. The highest BCUT2D eigenvalue weighted by molar-refractivity contribution is 8.00. The van der Waals surface area contributed by atoms with E-state index in [4.69, 9.17) is 5.73 Å². The van der Waals surface area contributed by atoms with Crippen molar-refractivity contribution in [3.05, 3.63) is 24.3 Å². The molecule has 106 valence electrons. The highest BCUT2D eigenvalue weighted by atomic mass is 32.2. The van der Waals surface area contributed by atoms with Crippen LogP contribution in [0.5, 0.6) is 0 Å². The summed E-state index contributed by atoms with van der Waals surface area (Å²) in [7, 11) is 0. The van der Waals surface area contributed by atoms with E-state index in [0.717, 1.165) is 5.69 Å². The molecule has 0 aliphatic carbocycles. The van der Waals surface area contributed by atoms with Crippen LogP contribution in [0.3, 0.4) is 0 Å². The van der Waals surface area contributed by atoms with Gasteiger partial charge >= 0.3 is 0 Å². The quantitative estimate of drug-likeness (QED) is 0.810. The van der Waals surface area contributed by atoms with Crippen LogP contribution in [0.4, 0.5) is 5.69 Å². The summed E-state index contributed by atoms with van der Waals surface area (Å²) in [6.07, 6.45) is 1.18. The molecule has 0 saturated heterocycles. The molecule has 0 aliphatic heterocycles. The number of hydrogen-bond donors (Lipinski definition) is 2. The van der Waals surface area contributed by atoms with E-state index in [1.165, 1.54) is 4.90 Å². The summed E-state index contributed by atoms with van der Waals surface area (Å²) < 4.78 is 0.196.